The Morgan fingerprint density at radius 1 is 1.13 bits per heavy atom. The van der Waals surface area contributed by atoms with Gasteiger partial charge in [0.15, 0.2) is 0 Å². The van der Waals surface area contributed by atoms with Gasteiger partial charge in [-0.3, -0.25) is 9.88 Å². The molecule has 2 N–H and O–H groups in total. The highest BCUT2D eigenvalue weighted by atomic mass is 16.3. The van der Waals surface area contributed by atoms with Gasteiger partial charge in [-0.15, -0.1) is 0 Å². The fourth-order valence-electron chi connectivity index (χ4n) is 1.39. The van der Waals surface area contributed by atoms with E-state index in [2.05, 4.69) is 15.2 Å². The molecule has 84 valence electrons. The smallest absolute Gasteiger partial charge is 0.0558 e. The molecule has 0 saturated carbocycles. The van der Waals surface area contributed by atoms with Gasteiger partial charge in [0.1, 0.15) is 0 Å². The fourth-order valence-corrected chi connectivity index (χ4v) is 1.39. The van der Waals surface area contributed by atoms with E-state index in [0.29, 0.717) is 6.61 Å². The summed E-state index contributed by atoms with van der Waals surface area (Å²) in [5.41, 5.74) is 0. The van der Waals surface area contributed by atoms with Crippen molar-refractivity contribution in [2.24, 2.45) is 0 Å². The van der Waals surface area contributed by atoms with Crippen molar-refractivity contribution in [2.75, 3.05) is 39.3 Å². The Labute approximate surface area is 90.9 Å². The number of piperazine rings is 1. The molecule has 1 saturated heterocycles. The Hall–Kier alpha value is -0.970. The Balaban J connectivity index is 0.000000162. The van der Waals surface area contributed by atoms with Gasteiger partial charge >= 0.3 is 0 Å². The van der Waals surface area contributed by atoms with Gasteiger partial charge < -0.3 is 10.4 Å². The summed E-state index contributed by atoms with van der Waals surface area (Å²) in [6, 6.07) is 5.72. The number of rotatable bonds is 2. The van der Waals surface area contributed by atoms with Crippen molar-refractivity contribution >= 4 is 0 Å². The summed E-state index contributed by atoms with van der Waals surface area (Å²) < 4.78 is 0. The van der Waals surface area contributed by atoms with E-state index in [1.54, 1.807) is 12.4 Å². The minimum absolute atomic E-state index is 0.292. The lowest BCUT2D eigenvalue weighted by Gasteiger charge is -2.25. The minimum Gasteiger partial charge on any atom is -0.395 e. The minimum atomic E-state index is 0.292. The van der Waals surface area contributed by atoms with Crippen LogP contribution >= 0.6 is 0 Å². The van der Waals surface area contributed by atoms with Crippen molar-refractivity contribution in [3.63, 3.8) is 0 Å². The number of β-amino-alcohol motifs (C(OH)–C–C–N with tert-alkyl or cyclic N) is 1. The van der Waals surface area contributed by atoms with Crippen molar-refractivity contribution in [3.8, 4) is 0 Å². The van der Waals surface area contributed by atoms with Gasteiger partial charge in [0.05, 0.1) is 6.61 Å². The number of nitrogens with one attached hydrogen (secondary N) is 1. The summed E-state index contributed by atoms with van der Waals surface area (Å²) in [5.74, 6) is 0. The van der Waals surface area contributed by atoms with Crippen LogP contribution in [0.2, 0.25) is 0 Å². The fraction of sp³-hybridized carbons (Fsp3) is 0.545. The maximum Gasteiger partial charge on any atom is 0.0558 e. The second kappa shape index (κ2) is 8.35. The maximum absolute atomic E-state index is 8.56. The molecule has 0 spiro atoms. The summed E-state index contributed by atoms with van der Waals surface area (Å²) in [6.07, 6.45) is 3.50. The summed E-state index contributed by atoms with van der Waals surface area (Å²) >= 11 is 0. The normalized spacial score (nSPS) is 16.6. The third-order valence-electron chi connectivity index (χ3n) is 2.19. The van der Waals surface area contributed by atoms with E-state index in [1.807, 2.05) is 18.2 Å². The van der Waals surface area contributed by atoms with E-state index in [0.717, 1.165) is 32.7 Å². The van der Waals surface area contributed by atoms with Gasteiger partial charge in [0.2, 0.25) is 0 Å². The molecule has 0 bridgehead atoms. The predicted molar refractivity (Wildman–Crippen MR) is 60.6 cm³/mol. The van der Waals surface area contributed by atoms with Gasteiger partial charge in [0, 0.05) is 45.1 Å². The molecule has 1 aliphatic heterocycles. The van der Waals surface area contributed by atoms with Crippen molar-refractivity contribution in [3.05, 3.63) is 30.6 Å². The van der Waals surface area contributed by atoms with Crippen LogP contribution in [0.3, 0.4) is 0 Å². The lowest BCUT2D eigenvalue weighted by atomic mass is 10.4. The molecular weight excluding hydrogens is 190 g/mol. The van der Waals surface area contributed by atoms with E-state index < -0.39 is 0 Å². The van der Waals surface area contributed by atoms with Gasteiger partial charge in [-0.05, 0) is 12.1 Å². The topological polar surface area (TPSA) is 48.4 Å². The summed E-state index contributed by atoms with van der Waals surface area (Å²) in [6.45, 7) is 5.43. The molecule has 15 heavy (non-hydrogen) atoms. The van der Waals surface area contributed by atoms with Gasteiger partial charge in [-0.2, -0.15) is 0 Å². The molecule has 0 atom stereocenters. The summed E-state index contributed by atoms with van der Waals surface area (Å²) in [5, 5.41) is 11.8. The van der Waals surface area contributed by atoms with E-state index in [4.69, 9.17) is 5.11 Å². The molecule has 4 nitrogen and oxygen atoms in total. The zero-order valence-corrected chi connectivity index (χ0v) is 8.97. The quantitative estimate of drug-likeness (QED) is 0.718. The molecule has 0 aromatic carbocycles. The Kier molecular flexibility index (Phi) is 6.73. The van der Waals surface area contributed by atoms with Crippen LogP contribution in [0.5, 0.6) is 0 Å². The van der Waals surface area contributed by atoms with Crippen LogP contribution in [0.1, 0.15) is 0 Å². The molecule has 1 fully saturated rings. The number of aliphatic hydroxyl groups is 1. The third kappa shape index (κ3) is 6.17. The first kappa shape index (κ1) is 12.1. The largest absolute Gasteiger partial charge is 0.395 e. The van der Waals surface area contributed by atoms with Gasteiger partial charge in [-0.25, -0.2) is 0 Å². The number of hydrogen-bond donors (Lipinski definition) is 2. The highest BCUT2D eigenvalue weighted by Gasteiger charge is 2.06. The SMILES string of the molecule is OCCN1CCNCC1.c1ccncc1. The number of aromatic nitrogens is 1. The van der Waals surface area contributed by atoms with Crippen LogP contribution in [0, 0.1) is 0 Å². The van der Waals surface area contributed by atoms with Crippen LogP contribution in [0.4, 0.5) is 0 Å². The average Bonchev–Trinajstić information content (AvgIpc) is 2.34. The molecule has 0 aliphatic carbocycles. The molecular formula is C11H19N3O. The van der Waals surface area contributed by atoms with E-state index in [-0.39, 0.29) is 0 Å². The van der Waals surface area contributed by atoms with Crippen LogP contribution in [0.25, 0.3) is 0 Å². The predicted octanol–water partition coefficient (Wildman–Crippen LogP) is -0.0345. The zero-order chi connectivity index (χ0) is 10.8. The highest BCUT2D eigenvalue weighted by molar-refractivity contribution is 4.88. The Morgan fingerprint density at radius 3 is 2.20 bits per heavy atom. The van der Waals surface area contributed by atoms with E-state index in [1.165, 1.54) is 0 Å². The first-order valence-electron chi connectivity index (χ1n) is 5.32. The van der Waals surface area contributed by atoms with Crippen LogP contribution in [-0.2, 0) is 0 Å². The number of hydrogen-bond acceptors (Lipinski definition) is 4. The zero-order valence-electron chi connectivity index (χ0n) is 8.97. The highest BCUT2D eigenvalue weighted by Crippen LogP contribution is 1.88. The summed E-state index contributed by atoms with van der Waals surface area (Å²) in [4.78, 5) is 6.05. The molecule has 0 radical (unpaired) electrons. The Morgan fingerprint density at radius 2 is 1.80 bits per heavy atom. The third-order valence-corrected chi connectivity index (χ3v) is 2.19. The number of pyridine rings is 1. The first-order valence-corrected chi connectivity index (χ1v) is 5.32. The monoisotopic (exact) mass is 209 g/mol. The maximum atomic E-state index is 8.56. The summed E-state index contributed by atoms with van der Waals surface area (Å²) in [7, 11) is 0. The lowest BCUT2D eigenvalue weighted by Crippen LogP contribution is -2.44. The second-order valence-corrected chi connectivity index (χ2v) is 3.34. The molecule has 2 heterocycles. The van der Waals surface area contributed by atoms with Crippen LogP contribution in [-0.4, -0.2) is 54.3 Å². The van der Waals surface area contributed by atoms with Crippen molar-refractivity contribution in [1.82, 2.24) is 15.2 Å². The average molecular weight is 209 g/mol. The first-order chi connectivity index (χ1) is 7.43. The van der Waals surface area contributed by atoms with Gasteiger partial charge in [-0.1, -0.05) is 6.07 Å². The van der Waals surface area contributed by atoms with Crippen molar-refractivity contribution < 1.29 is 5.11 Å². The molecule has 2 rings (SSSR count). The van der Waals surface area contributed by atoms with Crippen LogP contribution in [0.15, 0.2) is 30.6 Å². The number of aliphatic hydroxyl groups excluding tert-OH is 1. The molecule has 1 aromatic rings. The number of nitrogens with zero attached hydrogens (tertiary/aromatic N) is 2. The molecule has 1 aliphatic rings. The Bertz CT molecular complexity index is 195. The van der Waals surface area contributed by atoms with Crippen LogP contribution < -0.4 is 5.32 Å². The standard InChI is InChI=1S/C6H14N2O.C5H5N/c9-6-5-8-3-1-7-2-4-8;1-2-4-6-5-3-1/h7,9H,1-6H2;1-5H. The van der Waals surface area contributed by atoms with Crippen molar-refractivity contribution in [1.29, 1.82) is 0 Å². The van der Waals surface area contributed by atoms with Crippen molar-refractivity contribution in [2.45, 2.75) is 0 Å². The van der Waals surface area contributed by atoms with E-state index >= 15 is 0 Å². The van der Waals surface area contributed by atoms with Gasteiger partial charge in [0.25, 0.3) is 0 Å². The second-order valence-electron chi connectivity index (χ2n) is 3.34. The molecule has 0 unspecified atom stereocenters. The van der Waals surface area contributed by atoms with E-state index in [9.17, 15) is 0 Å². The lowest BCUT2D eigenvalue weighted by molar-refractivity contribution is 0.180. The molecule has 1 aromatic heterocycles. The molecule has 0 amide bonds. The molecule has 4 heteroatoms.